The zero-order chi connectivity index (χ0) is 18.4. The van der Waals surface area contributed by atoms with E-state index in [0.717, 1.165) is 29.6 Å². The number of hydrogen-bond donors (Lipinski definition) is 1. The summed E-state index contributed by atoms with van der Waals surface area (Å²) in [5.41, 5.74) is 1.26. The molecule has 1 aromatic carbocycles. The molecule has 0 spiro atoms. The van der Waals surface area contributed by atoms with Gasteiger partial charge in [0.1, 0.15) is 5.82 Å². The van der Waals surface area contributed by atoms with Crippen molar-refractivity contribution in [2.75, 3.05) is 5.75 Å². The van der Waals surface area contributed by atoms with Gasteiger partial charge in [-0.25, -0.2) is 0 Å². The van der Waals surface area contributed by atoms with Crippen LogP contribution >= 0.6 is 23.5 Å². The van der Waals surface area contributed by atoms with E-state index in [1.54, 1.807) is 11.8 Å². The van der Waals surface area contributed by atoms with Crippen LogP contribution in [-0.2, 0) is 17.6 Å². The third-order valence-corrected chi connectivity index (χ3v) is 6.64. The predicted octanol–water partition coefficient (Wildman–Crippen LogP) is 3.96. The molecule has 0 unspecified atom stereocenters. The van der Waals surface area contributed by atoms with E-state index < -0.39 is 0 Å². The van der Waals surface area contributed by atoms with Crippen molar-refractivity contribution in [2.45, 2.75) is 60.9 Å². The number of nitrogens with one attached hydrogen (secondary N) is 1. The predicted molar refractivity (Wildman–Crippen MR) is 107 cm³/mol. The molecule has 1 heterocycles. The van der Waals surface area contributed by atoms with E-state index in [4.69, 9.17) is 0 Å². The van der Waals surface area contributed by atoms with Crippen molar-refractivity contribution < 1.29 is 4.79 Å². The van der Waals surface area contributed by atoms with Crippen LogP contribution in [0.1, 0.15) is 43.5 Å². The third-order valence-electron chi connectivity index (χ3n) is 4.62. The van der Waals surface area contributed by atoms with Crippen molar-refractivity contribution >= 4 is 29.4 Å². The van der Waals surface area contributed by atoms with Gasteiger partial charge >= 0.3 is 0 Å². The molecule has 1 N–H and O–H groups in total. The summed E-state index contributed by atoms with van der Waals surface area (Å²) in [5, 5.41) is 12.5. The van der Waals surface area contributed by atoms with Crippen molar-refractivity contribution in [2.24, 2.45) is 7.05 Å². The molecule has 0 atom stereocenters. The molecular weight excluding hydrogens is 364 g/mol. The SMILES string of the molecule is Cc1ccc(SCc2nnc(SCC(=O)NC3CCCCC3)n2C)cc1. The van der Waals surface area contributed by atoms with E-state index in [0.29, 0.717) is 11.8 Å². The summed E-state index contributed by atoms with van der Waals surface area (Å²) in [7, 11) is 1.96. The molecule has 1 amide bonds. The lowest BCUT2D eigenvalue weighted by Crippen LogP contribution is -2.37. The Bertz CT molecular complexity index is 724. The van der Waals surface area contributed by atoms with Crippen LogP contribution < -0.4 is 5.32 Å². The number of nitrogens with zero attached hydrogens (tertiary/aromatic N) is 3. The average Bonchev–Trinajstić information content (AvgIpc) is 3.00. The maximum atomic E-state index is 12.1. The molecule has 7 heteroatoms. The fourth-order valence-corrected chi connectivity index (χ4v) is 4.64. The van der Waals surface area contributed by atoms with E-state index in [1.165, 1.54) is 41.5 Å². The average molecular weight is 391 g/mol. The van der Waals surface area contributed by atoms with E-state index in [2.05, 4.69) is 46.7 Å². The molecule has 1 aliphatic rings. The number of benzene rings is 1. The molecule has 1 fully saturated rings. The summed E-state index contributed by atoms with van der Waals surface area (Å²) in [6, 6.07) is 8.84. The molecule has 1 aliphatic carbocycles. The lowest BCUT2D eigenvalue weighted by Gasteiger charge is -2.22. The first kappa shape index (κ1) is 19.3. The molecule has 0 bridgehead atoms. The van der Waals surface area contributed by atoms with Crippen molar-refractivity contribution in [1.29, 1.82) is 0 Å². The Hall–Kier alpha value is -1.47. The summed E-state index contributed by atoms with van der Waals surface area (Å²) < 4.78 is 1.99. The third kappa shape index (κ3) is 5.51. The lowest BCUT2D eigenvalue weighted by molar-refractivity contribution is -0.119. The number of carbonyl (C=O) groups excluding carboxylic acids is 1. The Morgan fingerprint density at radius 2 is 1.88 bits per heavy atom. The van der Waals surface area contributed by atoms with Crippen molar-refractivity contribution in [3.63, 3.8) is 0 Å². The fraction of sp³-hybridized carbons (Fsp3) is 0.526. The van der Waals surface area contributed by atoms with Crippen LogP contribution in [0.2, 0.25) is 0 Å². The molecule has 5 nitrogen and oxygen atoms in total. The van der Waals surface area contributed by atoms with Crippen LogP contribution in [0.5, 0.6) is 0 Å². The summed E-state index contributed by atoms with van der Waals surface area (Å²) >= 11 is 3.20. The minimum atomic E-state index is 0.0977. The van der Waals surface area contributed by atoms with E-state index >= 15 is 0 Å². The van der Waals surface area contributed by atoms with Crippen LogP contribution in [0, 0.1) is 6.92 Å². The number of aryl methyl sites for hydroxylation is 1. The Morgan fingerprint density at radius 1 is 1.15 bits per heavy atom. The highest BCUT2D eigenvalue weighted by atomic mass is 32.2. The zero-order valence-electron chi connectivity index (χ0n) is 15.4. The second-order valence-corrected chi connectivity index (χ2v) is 8.74. The Morgan fingerprint density at radius 3 is 2.62 bits per heavy atom. The van der Waals surface area contributed by atoms with Crippen LogP contribution in [0.15, 0.2) is 34.3 Å². The number of thioether (sulfide) groups is 2. The van der Waals surface area contributed by atoms with Gasteiger partial charge in [0, 0.05) is 18.0 Å². The molecule has 3 rings (SSSR count). The van der Waals surface area contributed by atoms with Gasteiger partial charge in [0.25, 0.3) is 0 Å². The Labute approximate surface area is 163 Å². The van der Waals surface area contributed by atoms with E-state index in [-0.39, 0.29) is 5.91 Å². The standard InChI is InChI=1S/C19H26N4OS2/c1-14-8-10-16(11-9-14)25-12-17-21-22-19(23(17)2)26-13-18(24)20-15-6-4-3-5-7-15/h8-11,15H,3-7,12-13H2,1-2H3,(H,20,24). The summed E-state index contributed by atoms with van der Waals surface area (Å²) in [4.78, 5) is 13.4. The van der Waals surface area contributed by atoms with Crippen LogP contribution in [0.4, 0.5) is 0 Å². The quantitative estimate of drug-likeness (QED) is 0.725. The highest BCUT2D eigenvalue weighted by Crippen LogP contribution is 2.24. The first-order valence-corrected chi connectivity index (χ1v) is 11.1. The van der Waals surface area contributed by atoms with Gasteiger partial charge in [-0.15, -0.1) is 22.0 Å². The molecule has 0 radical (unpaired) electrons. The largest absolute Gasteiger partial charge is 0.353 e. The molecule has 1 saturated carbocycles. The number of hydrogen-bond acceptors (Lipinski definition) is 5. The minimum absolute atomic E-state index is 0.0977. The molecule has 1 aromatic heterocycles. The highest BCUT2D eigenvalue weighted by Gasteiger charge is 2.17. The van der Waals surface area contributed by atoms with Crippen LogP contribution in [0.25, 0.3) is 0 Å². The Balaban J connectivity index is 1.47. The topological polar surface area (TPSA) is 59.8 Å². The first-order chi connectivity index (χ1) is 12.6. The molecule has 0 saturated heterocycles. The maximum Gasteiger partial charge on any atom is 0.230 e. The fourth-order valence-electron chi connectivity index (χ4n) is 3.03. The summed E-state index contributed by atoms with van der Waals surface area (Å²) in [6.45, 7) is 2.09. The van der Waals surface area contributed by atoms with Gasteiger partial charge in [-0.1, -0.05) is 48.7 Å². The van der Waals surface area contributed by atoms with Gasteiger partial charge in [-0.05, 0) is 31.9 Å². The summed E-state index contributed by atoms with van der Waals surface area (Å²) in [6.07, 6.45) is 5.97. The second-order valence-electron chi connectivity index (χ2n) is 6.75. The molecular formula is C19H26N4OS2. The normalized spacial score (nSPS) is 15.2. The molecule has 2 aromatic rings. The molecule has 26 heavy (non-hydrogen) atoms. The lowest BCUT2D eigenvalue weighted by atomic mass is 9.95. The first-order valence-electron chi connectivity index (χ1n) is 9.12. The van der Waals surface area contributed by atoms with E-state index in [9.17, 15) is 4.79 Å². The smallest absolute Gasteiger partial charge is 0.230 e. The van der Waals surface area contributed by atoms with Crippen LogP contribution in [0.3, 0.4) is 0 Å². The molecule has 140 valence electrons. The number of carbonyl (C=O) groups is 1. The zero-order valence-corrected chi connectivity index (χ0v) is 17.0. The maximum absolute atomic E-state index is 12.1. The van der Waals surface area contributed by atoms with Crippen molar-refractivity contribution in [3.05, 3.63) is 35.7 Å². The number of rotatable bonds is 7. The van der Waals surface area contributed by atoms with Crippen molar-refractivity contribution in [1.82, 2.24) is 20.1 Å². The van der Waals surface area contributed by atoms with Gasteiger partial charge < -0.3 is 9.88 Å². The van der Waals surface area contributed by atoms with Gasteiger partial charge in [-0.3, -0.25) is 4.79 Å². The van der Waals surface area contributed by atoms with Gasteiger partial charge in [0.2, 0.25) is 5.91 Å². The summed E-state index contributed by atoms with van der Waals surface area (Å²) in [5.74, 6) is 2.18. The monoisotopic (exact) mass is 390 g/mol. The number of aromatic nitrogens is 3. The second kappa shape index (κ2) is 9.46. The van der Waals surface area contributed by atoms with Gasteiger partial charge in [0.05, 0.1) is 11.5 Å². The van der Waals surface area contributed by atoms with Gasteiger partial charge in [0.15, 0.2) is 5.16 Å². The Kier molecular flexibility index (Phi) is 7.02. The van der Waals surface area contributed by atoms with Crippen LogP contribution in [-0.4, -0.2) is 32.5 Å². The van der Waals surface area contributed by atoms with E-state index in [1.807, 2.05) is 11.6 Å². The molecule has 0 aliphatic heterocycles. The minimum Gasteiger partial charge on any atom is -0.353 e. The van der Waals surface area contributed by atoms with Crippen molar-refractivity contribution in [3.8, 4) is 0 Å². The number of amides is 1. The van der Waals surface area contributed by atoms with Gasteiger partial charge in [-0.2, -0.15) is 0 Å². The highest BCUT2D eigenvalue weighted by molar-refractivity contribution is 7.99.